The molecule has 0 radical (unpaired) electrons. The van der Waals surface area contributed by atoms with E-state index in [0.29, 0.717) is 11.7 Å². The van der Waals surface area contributed by atoms with E-state index < -0.39 is 10.0 Å². The summed E-state index contributed by atoms with van der Waals surface area (Å²) in [6.45, 7) is 3.85. The molecule has 18 heavy (non-hydrogen) atoms. The van der Waals surface area contributed by atoms with Crippen molar-refractivity contribution in [3.63, 3.8) is 0 Å². The Labute approximate surface area is 116 Å². The van der Waals surface area contributed by atoms with Crippen LogP contribution in [0, 0.1) is 0 Å². The maximum Gasteiger partial charge on any atom is 0.211 e. The topological polar surface area (TPSA) is 58.2 Å². The zero-order valence-electron chi connectivity index (χ0n) is 11.4. The maximum atomic E-state index is 11.9. The third-order valence-corrected chi connectivity index (χ3v) is 5.94. The predicted octanol–water partition coefficient (Wildman–Crippen LogP) is 1.58. The summed E-state index contributed by atoms with van der Waals surface area (Å²) in [6.07, 6.45) is 7.09. The average molecular weight is 294 g/mol. The summed E-state index contributed by atoms with van der Waals surface area (Å²) in [4.78, 5) is 0. The molecule has 2 atom stereocenters. The van der Waals surface area contributed by atoms with Gasteiger partial charge in [0, 0.05) is 11.3 Å². The van der Waals surface area contributed by atoms with Gasteiger partial charge in [0.05, 0.1) is 5.75 Å². The summed E-state index contributed by atoms with van der Waals surface area (Å²) in [5.41, 5.74) is 0. The van der Waals surface area contributed by atoms with Crippen molar-refractivity contribution in [2.45, 2.75) is 50.3 Å². The van der Waals surface area contributed by atoms with Gasteiger partial charge in [-0.25, -0.2) is 13.1 Å². The highest BCUT2D eigenvalue weighted by Crippen LogP contribution is 2.28. The van der Waals surface area contributed by atoms with Crippen molar-refractivity contribution < 1.29 is 8.42 Å². The van der Waals surface area contributed by atoms with Gasteiger partial charge in [-0.2, -0.15) is 11.8 Å². The summed E-state index contributed by atoms with van der Waals surface area (Å²) in [5.74, 6) is 0.237. The Bertz CT molecular complexity index is 320. The Kier molecular flexibility index (Phi) is 7.60. The molecule has 1 saturated carbocycles. The fraction of sp³-hybridized carbons (Fsp3) is 1.00. The van der Waals surface area contributed by atoms with Crippen LogP contribution < -0.4 is 10.0 Å². The second kappa shape index (κ2) is 8.40. The fourth-order valence-electron chi connectivity index (χ4n) is 2.32. The van der Waals surface area contributed by atoms with Crippen molar-refractivity contribution in [1.82, 2.24) is 10.0 Å². The molecule has 1 fully saturated rings. The van der Waals surface area contributed by atoms with Crippen molar-refractivity contribution in [2.75, 3.05) is 25.1 Å². The number of hydrogen-bond donors (Lipinski definition) is 2. The molecule has 1 aliphatic rings. The molecule has 108 valence electrons. The molecule has 2 unspecified atom stereocenters. The number of nitrogens with one attached hydrogen (secondary N) is 2. The Balaban J connectivity index is 2.26. The molecule has 0 spiro atoms. The summed E-state index contributed by atoms with van der Waals surface area (Å²) in [7, 11) is -3.10. The Morgan fingerprint density at radius 1 is 1.28 bits per heavy atom. The van der Waals surface area contributed by atoms with Crippen LogP contribution in [0.2, 0.25) is 0 Å². The van der Waals surface area contributed by atoms with Gasteiger partial charge < -0.3 is 5.32 Å². The number of hydrogen-bond acceptors (Lipinski definition) is 4. The molecule has 1 aliphatic carbocycles. The van der Waals surface area contributed by atoms with Crippen LogP contribution in [0.1, 0.15) is 39.0 Å². The minimum Gasteiger partial charge on any atom is -0.317 e. The average Bonchev–Trinajstić information content (AvgIpc) is 2.75. The standard InChI is InChI=1S/C12H26N2O2S2/c1-3-8-13-9-5-10-18(15,16)14-11-6-4-7-12(11)17-2/h11-14H,3-10H2,1-2H3. The van der Waals surface area contributed by atoms with E-state index >= 15 is 0 Å². The highest BCUT2D eigenvalue weighted by atomic mass is 32.2. The van der Waals surface area contributed by atoms with E-state index in [1.54, 1.807) is 11.8 Å². The van der Waals surface area contributed by atoms with Gasteiger partial charge in [0.1, 0.15) is 0 Å². The minimum atomic E-state index is -3.10. The quantitative estimate of drug-likeness (QED) is 0.634. The summed E-state index contributed by atoms with van der Waals surface area (Å²) in [6, 6.07) is 0.147. The van der Waals surface area contributed by atoms with Crippen molar-refractivity contribution in [1.29, 1.82) is 0 Å². The van der Waals surface area contributed by atoms with Crippen molar-refractivity contribution in [3.8, 4) is 0 Å². The third kappa shape index (κ3) is 5.91. The van der Waals surface area contributed by atoms with E-state index in [-0.39, 0.29) is 11.8 Å². The molecule has 0 aromatic carbocycles. The van der Waals surface area contributed by atoms with E-state index in [1.165, 1.54) is 0 Å². The normalized spacial score (nSPS) is 24.6. The van der Waals surface area contributed by atoms with Crippen LogP contribution in [0.4, 0.5) is 0 Å². The van der Waals surface area contributed by atoms with Crippen molar-refractivity contribution >= 4 is 21.8 Å². The highest BCUT2D eigenvalue weighted by Gasteiger charge is 2.29. The molecule has 0 amide bonds. The summed E-state index contributed by atoms with van der Waals surface area (Å²) in [5, 5.41) is 3.68. The lowest BCUT2D eigenvalue weighted by Crippen LogP contribution is -2.40. The zero-order valence-corrected chi connectivity index (χ0v) is 13.1. The lowest BCUT2D eigenvalue weighted by atomic mass is 10.3. The second-order valence-electron chi connectivity index (χ2n) is 4.85. The second-order valence-corrected chi connectivity index (χ2v) is 7.80. The van der Waals surface area contributed by atoms with Crippen molar-refractivity contribution in [2.24, 2.45) is 0 Å². The molecule has 0 aliphatic heterocycles. The minimum absolute atomic E-state index is 0.147. The van der Waals surface area contributed by atoms with Gasteiger partial charge >= 0.3 is 0 Å². The maximum absolute atomic E-state index is 11.9. The van der Waals surface area contributed by atoms with E-state index in [2.05, 4.69) is 23.2 Å². The SMILES string of the molecule is CCCNCCCS(=O)(=O)NC1CCCC1SC. The van der Waals surface area contributed by atoms with Gasteiger partial charge in [-0.05, 0) is 45.0 Å². The molecule has 2 N–H and O–H groups in total. The molecular formula is C12H26N2O2S2. The fourth-order valence-corrected chi connectivity index (χ4v) is 4.73. The smallest absolute Gasteiger partial charge is 0.211 e. The lowest BCUT2D eigenvalue weighted by molar-refractivity contribution is 0.550. The van der Waals surface area contributed by atoms with E-state index in [0.717, 1.165) is 38.8 Å². The van der Waals surface area contributed by atoms with Crippen LogP contribution in [-0.4, -0.2) is 44.8 Å². The lowest BCUT2D eigenvalue weighted by Gasteiger charge is -2.19. The number of thioether (sulfide) groups is 1. The van der Waals surface area contributed by atoms with E-state index in [1.807, 2.05) is 0 Å². The van der Waals surface area contributed by atoms with Gasteiger partial charge in [0.2, 0.25) is 10.0 Å². The molecule has 4 nitrogen and oxygen atoms in total. The first-order valence-electron chi connectivity index (χ1n) is 6.82. The zero-order chi connectivity index (χ0) is 13.4. The van der Waals surface area contributed by atoms with Gasteiger partial charge in [-0.3, -0.25) is 0 Å². The van der Waals surface area contributed by atoms with Crippen LogP contribution in [0.15, 0.2) is 0 Å². The predicted molar refractivity (Wildman–Crippen MR) is 79.6 cm³/mol. The van der Waals surface area contributed by atoms with Gasteiger partial charge in [-0.1, -0.05) is 13.3 Å². The monoisotopic (exact) mass is 294 g/mol. The summed E-state index contributed by atoms with van der Waals surface area (Å²) >= 11 is 1.78. The summed E-state index contributed by atoms with van der Waals surface area (Å²) < 4.78 is 26.7. The molecule has 0 heterocycles. The van der Waals surface area contributed by atoms with Gasteiger partial charge in [-0.15, -0.1) is 0 Å². The van der Waals surface area contributed by atoms with Gasteiger partial charge in [0.25, 0.3) is 0 Å². The molecule has 0 saturated heterocycles. The van der Waals surface area contributed by atoms with Crippen LogP contribution in [0.25, 0.3) is 0 Å². The number of sulfonamides is 1. The molecule has 0 bridgehead atoms. The molecule has 0 aromatic heterocycles. The van der Waals surface area contributed by atoms with E-state index in [9.17, 15) is 8.42 Å². The van der Waals surface area contributed by atoms with Crippen LogP contribution in [0.5, 0.6) is 0 Å². The van der Waals surface area contributed by atoms with Crippen LogP contribution >= 0.6 is 11.8 Å². The van der Waals surface area contributed by atoms with Crippen LogP contribution in [-0.2, 0) is 10.0 Å². The first-order chi connectivity index (χ1) is 8.59. The molecule has 6 heteroatoms. The van der Waals surface area contributed by atoms with Crippen molar-refractivity contribution in [3.05, 3.63) is 0 Å². The van der Waals surface area contributed by atoms with E-state index in [4.69, 9.17) is 0 Å². The van der Waals surface area contributed by atoms with Gasteiger partial charge in [0.15, 0.2) is 0 Å². The van der Waals surface area contributed by atoms with Crippen LogP contribution in [0.3, 0.4) is 0 Å². The Morgan fingerprint density at radius 2 is 2.06 bits per heavy atom. The third-order valence-electron chi connectivity index (χ3n) is 3.28. The molecular weight excluding hydrogens is 268 g/mol. The Morgan fingerprint density at radius 3 is 2.72 bits per heavy atom. The largest absolute Gasteiger partial charge is 0.317 e. The first-order valence-corrected chi connectivity index (χ1v) is 9.76. The Hall–Kier alpha value is 0.220. The molecule has 1 rings (SSSR count). The highest BCUT2D eigenvalue weighted by molar-refractivity contribution is 7.99. The number of rotatable bonds is 9. The molecule has 0 aromatic rings. The first kappa shape index (κ1) is 16.3.